The first kappa shape index (κ1) is 23.2. The van der Waals surface area contributed by atoms with Gasteiger partial charge in [0.15, 0.2) is 11.5 Å². The van der Waals surface area contributed by atoms with Crippen LogP contribution in [-0.2, 0) is 6.61 Å². The number of hydrogen-bond acceptors (Lipinski definition) is 5. The van der Waals surface area contributed by atoms with Gasteiger partial charge in [-0.05, 0) is 54.4 Å². The number of amides is 1. The van der Waals surface area contributed by atoms with E-state index >= 15 is 0 Å². The Labute approximate surface area is 192 Å². The molecule has 0 radical (unpaired) electrons. The van der Waals surface area contributed by atoms with E-state index in [1.165, 1.54) is 7.11 Å². The van der Waals surface area contributed by atoms with Gasteiger partial charge < -0.3 is 14.2 Å². The zero-order valence-electron chi connectivity index (χ0n) is 18.0. The quantitative estimate of drug-likeness (QED) is 0.326. The topological polar surface area (TPSA) is 69.2 Å². The van der Waals surface area contributed by atoms with Crippen LogP contribution in [0.5, 0.6) is 17.2 Å². The van der Waals surface area contributed by atoms with Crippen molar-refractivity contribution in [3.05, 3.63) is 88.4 Å². The van der Waals surface area contributed by atoms with E-state index in [2.05, 4.69) is 10.5 Å². The van der Waals surface area contributed by atoms with Crippen molar-refractivity contribution < 1.29 is 19.0 Å². The number of nitrogens with one attached hydrogen (secondary N) is 1. The van der Waals surface area contributed by atoms with E-state index in [1.807, 2.05) is 55.5 Å². The van der Waals surface area contributed by atoms with Crippen LogP contribution in [0.25, 0.3) is 0 Å². The first-order valence-corrected chi connectivity index (χ1v) is 10.6. The summed E-state index contributed by atoms with van der Waals surface area (Å²) in [5, 5.41) is 4.76. The van der Waals surface area contributed by atoms with Gasteiger partial charge in [-0.1, -0.05) is 42.8 Å². The molecule has 0 bridgehead atoms. The lowest BCUT2D eigenvalue weighted by atomic mass is 10.2. The third-order valence-corrected chi connectivity index (χ3v) is 4.74. The molecule has 166 valence electrons. The Morgan fingerprint density at radius 2 is 1.78 bits per heavy atom. The summed E-state index contributed by atoms with van der Waals surface area (Å²) in [7, 11) is 1.54. The second-order valence-electron chi connectivity index (χ2n) is 6.87. The van der Waals surface area contributed by atoms with E-state index in [-0.39, 0.29) is 5.91 Å². The maximum atomic E-state index is 12.5. The second kappa shape index (κ2) is 11.8. The van der Waals surface area contributed by atoms with Crippen molar-refractivity contribution in [1.82, 2.24) is 5.43 Å². The molecule has 0 spiro atoms. The van der Waals surface area contributed by atoms with E-state index in [9.17, 15) is 4.79 Å². The van der Waals surface area contributed by atoms with Crippen LogP contribution < -0.4 is 19.6 Å². The minimum atomic E-state index is -0.360. The largest absolute Gasteiger partial charge is 0.493 e. The fraction of sp³-hybridized carbons (Fsp3) is 0.200. The molecule has 0 atom stereocenters. The molecule has 0 aromatic heterocycles. The summed E-state index contributed by atoms with van der Waals surface area (Å²) in [5.41, 5.74) is 4.68. The fourth-order valence-electron chi connectivity index (χ4n) is 2.83. The number of hydrogen-bond donors (Lipinski definition) is 1. The zero-order chi connectivity index (χ0) is 22.8. The Morgan fingerprint density at radius 3 is 2.53 bits per heavy atom. The smallest absolute Gasteiger partial charge is 0.271 e. The molecule has 3 aromatic carbocycles. The normalized spacial score (nSPS) is 10.7. The van der Waals surface area contributed by atoms with Gasteiger partial charge in [-0.3, -0.25) is 4.79 Å². The standard InChI is InChI=1S/C25H25ClN2O4/c1-3-14-31-23-13-10-19(15-24(23)30-2)25(29)28-27-16-20-6-4-5-7-22(20)32-17-18-8-11-21(26)12-9-18/h4-13,15-16H,3,14,17H2,1-2H3,(H,28,29)/b27-16+. The maximum absolute atomic E-state index is 12.5. The first-order valence-electron chi connectivity index (χ1n) is 10.2. The van der Waals surface area contributed by atoms with Gasteiger partial charge in [0.25, 0.3) is 5.91 Å². The average molecular weight is 453 g/mol. The lowest BCUT2D eigenvalue weighted by molar-refractivity contribution is 0.0954. The van der Waals surface area contributed by atoms with Crippen LogP contribution in [0, 0.1) is 0 Å². The van der Waals surface area contributed by atoms with E-state index in [1.54, 1.807) is 24.4 Å². The Bertz CT molecular complexity index is 1070. The van der Waals surface area contributed by atoms with Crippen LogP contribution in [0.4, 0.5) is 0 Å². The third-order valence-electron chi connectivity index (χ3n) is 4.48. The second-order valence-corrected chi connectivity index (χ2v) is 7.30. The molecular formula is C25H25ClN2O4. The van der Waals surface area contributed by atoms with Gasteiger partial charge in [0.05, 0.1) is 19.9 Å². The SMILES string of the molecule is CCCOc1ccc(C(=O)N/N=C/c2ccccc2OCc2ccc(Cl)cc2)cc1OC. The highest BCUT2D eigenvalue weighted by Crippen LogP contribution is 2.28. The maximum Gasteiger partial charge on any atom is 0.271 e. The number of halogens is 1. The number of carbonyl (C=O) groups excluding carboxylic acids is 1. The van der Waals surface area contributed by atoms with E-state index in [0.29, 0.717) is 41.0 Å². The molecule has 3 rings (SSSR count). The van der Waals surface area contributed by atoms with Gasteiger partial charge in [-0.25, -0.2) is 5.43 Å². The Kier molecular flexibility index (Phi) is 8.52. The van der Waals surface area contributed by atoms with E-state index in [0.717, 1.165) is 17.5 Å². The molecule has 0 saturated carbocycles. The van der Waals surface area contributed by atoms with Crippen molar-refractivity contribution in [3.8, 4) is 17.2 Å². The molecular weight excluding hydrogens is 428 g/mol. The van der Waals surface area contributed by atoms with Crippen LogP contribution in [-0.4, -0.2) is 25.8 Å². The van der Waals surface area contributed by atoms with Crippen LogP contribution in [0.1, 0.15) is 34.8 Å². The fourth-order valence-corrected chi connectivity index (χ4v) is 2.95. The molecule has 3 aromatic rings. The predicted molar refractivity (Wildman–Crippen MR) is 126 cm³/mol. The van der Waals surface area contributed by atoms with Crippen molar-refractivity contribution >= 4 is 23.7 Å². The van der Waals surface area contributed by atoms with Gasteiger partial charge in [0.1, 0.15) is 12.4 Å². The predicted octanol–water partition coefficient (Wildman–Crippen LogP) is 5.48. The number of rotatable bonds is 10. The molecule has 0 fully saturated rings. The molecule has 0 unspecified atom stereocenters. The lowest BCUT2D eigenvalue weighted by Gasteiger charge is -2.11. The van der Waals surface area contributed by atoms with Gasteiger partial charge >= 0.3 is 0 Å². The molecule has 0 aliphatic carbocycles. The summed E-state index contributed by atoms with van der Waals surface area (Å²) < 4.78 is 16.8. The molecule has 0 saturated heterocycles. The lowest BCUT2D eigenvalue weighted by Crippen LogP contribution is -2.17. The van der Waals surface area contributed by atoms with Crippen LogP contribution >= 0.6 is 11.6 Å². The zero-order valence-corrected chi connectivity index (χ0v) is 18.8. The van der Waals surface area contributed by atoms with Gasteiger partial charge in [0.2, 0.25) is 0 Å². The highest BCUT2D eigenvalue weighted by molar-refractivity contribution is 6.30. The number of nitrogens with zero attached hydrogens (tertiary/aromatic N) is 1. The van der Waals surface area contributed by atoms with Crippen LogP contribution in [0.2, 0.25) is 5.02 Å². The molecule has 7 heteroatoms. The number of hydrazone groups is 1. The van der Waals surface area contributed by atoms with Gasteiger partial charge in [-0.15, -0.1) is 0 Å². The van der Waals surface area contributed by atoms with Crippen molar-refractivity contribution in [3.63, 3.8) is 0 Å². The summed E-state index contributed by atoms with van der Waals surface area (Å²) in [5.74, 6) is 1.39. The molecule has 1 amide bonds. The summed E-state index contributed by atoms with van der Waals surface area (Å²) in [6.07, 6.45) is 2.43. The number of methoxy groups -OCH3 is 1. The molecule has 0 heterocycles. The summed E-state index contributed by atoms with van der Waals surface area (Å²) in [6.45, 7) is 2.99. The summed E-state index contributed by atoms with van der Waals surface area (Å²) in [6, 6.07) is 19.9. The van der Waals surface area contributed by atoms with Crippen molar-refractivity contribution in [2.24, 2.45) is 5.10 Å². The van der Waals surface area contributed by atoms with Crippen LogP contribution in [0.15, 0.2) is 71.8 Å². The number of benzene rings is 3. The summed E-state index contributed by atoms with van der Waals surface area (Å²) in [4.78, 5) is 12.5. The monoisotopic (exact) mass is 452 g/mol. The molecule has 0 aliphatic rings. The average Bonchev–Trinajstić information content (AvgIpc) is 2.83. The number of para-hydroxylation sites is 1. The molecule has 1 N–H and O–H groups in total. The molecule has 32 heavy (non-hydrogen) atoms. The van der Waals surface area contributed by atoms with Crippen molar-refractivity contribution in [2.45, 2.75) is 20.0 Å². The van der Waals surface area contributed by atoms with Crippen molar-refractivity contribution in [1.29, 1.82) is 0 Å². The summed E-state index contributed by atoms with van der Waals surface area (Å²) >= 11 is 5.92. The first-order chi connectivity index (χ1) is 15.6. The third kappa shape index (κ3) is 6.49. The highest BCUT2D eigenvalue weighted by atomic mass is 35.5. The Morgan fingerprint density at radius 1 is 1.00 bits per heavy atom. The number of carbonyl (C=O) groups is 1. The minimum absolute atomic E-state index is 0.360. The minimum Gasteiger partial charge on any atom is -0.493 e. The van der Waals surface area contributed by atoms with Crippen molar-refractivity contribution in [2.75, 3.05) is 13.7 Å². The van der Waals surface area contributed by atoms with Gasteiger partial charge in [-0.2, -0.15) is 5.10 Å². The Balaban J connectivity index is 1.63. The molecule has 6 nitrogen and oxygen atoms in total. The number of ether oxygens (including phenoxy) is 3. The van der Waals surface area contributed by atoms with Crippen LogP contribution in [0.3, 0.4) is 0 Å². The molecule has 0 aliphatic heterocycles. The van der Waals surface area contributed by atoms with E-state index in [4.69, 9.17) is 25.8 Å². The highest BCUT2D eigenvalue weighted by Gasteiger charge is 2.11. The Hall–Kier alpha value is -3.51. The van der Waals surface area contributed by atoms with Gasteiger partial charge in [0, 0.05) is 16.1 Å². The van der Waals surface area contributed by atoms with E-state index < -0.39 is 0 Å².